The Balaban J connectivity index is 1.95. The molecule has 5 nitrogen and oxygen atoms in total. The molecule has 2 aromatic heterocycles. The van der Waals surface area contributed by atoms with E-state index in [0.717, 1.165) is 29.4 Å². The molecule has 102 valence electrons. The average molecular weight is 267 g/mol. The van der Waals surface area contributed by atoms with Gasteiger partial charge in [0.05, 0.1) is 0 Å². The Hall–Kier alpha value is -2.40. The first-order valence-electron chi connectivity index (χ1n) is 6.57. The molecular formula is C15H17N5. The van der Waals surface area contributed by atoms with Gasteiger partial charge in [0.1, 0.15) is 0 Å². The zero-order valence-electron chi connectivity index (χ0n) is 11.6. The molecule has 2 N–H and O–H groups in total. The van der Waals surface area contributed by atoms with E-state index in [1.807, 2.05) is 42.9 Å². The number of nitrogens with one attached hydrogen (secondary N) is 2. The Kier molecular flexibility index (Phi) is 3.35. The summed E-state index contributed by atoms with van der Waals surface area (Å²) in [5.74, 6) is 0.766. The first kappa shape index (κ1) is 12.6. The number of hydrogen-bond acceptors (Lipinski definition) is 4. The lowest BCUT2D eigenvalue weighted by Gasteiger charge is -2.08. The van der Waals surface area contributed by atoms with Crippen LogP contribution in [0.15, 0.2) is 42.9 Å². The number of aromatic nitrogens is 3. The standard InChI is InChI=1S/C15H17N5/c1-11-9-18-15-14(17-6-7-20(11)15)19-13-5-3-4-12(8-13)10-16-2/h3-9,16H,10H2,1-2H3,(H,17,19). The van der Waals surface area contributed by atoms with E-state index in [2.05, 4.69) is 32.7 Å². The molecule has 0 unspecified atom stereocenters. The number of benzene rings is 1. The van der Waals surface area contributed by atoms with E-state index in [4.69, 9.17) is 0 Å². The average Bonchev–Trinajstić information content (AvgIpc) is 2.83. The fraction of sp³-hybridized carbons (Fsp3) is 0.200. The van der Waals surface area contributed by atoms with Crippen molar-refractivity contribution in [3.63, 3.8) is 0 Å². The second-order valence-electron chi connectivity index (χ2n) is 4.72. The van der Waals surface area contributed by atoms with Crippen LogP contribution in [0.25, 0.3) is 5.65 Å². The van der Waals surface area contributed by atoms with Gasteiger partial charge in [0.2, 0.25) is 0 Å². The van der Waals surface area contributed by atoms with Crippen molar-refractivity contribution in [2.45, 2.75) is 13.5 Å². The largest absolute Gasteiger partial charge is 0.337 e. The normalized spacial score (nSPS) is 10.9. The maximum absolute atomic E-state index is 4.40. The van der Waals surface area contributed by atoms with Gasteiger partial charge in [-0.05, 0) is 31.7 Å². The molecule has 0 aliphatic rings. The third kappa shape index (κ3) is 2.35. The third-order valence-electron chi connectivity index (χ3n) is 3.18. The lowest BCUT2D eigenvalue weighted by molar-refractivity contribution is 0.818. The Bertz CT molecular complexity index is 732. The highest BCUT2D eigenvalue weighted by Crippen LogP contribution is 2.20. The Labute approximate surface area is 117 Å². The van der Waals surface area contributed by atoms with Gasteiger partial charge < -0.3 is 10.6 Å². The van der Waals surface area contributed by atoms with Gasteiger partial charge in [-0.1, -0.05) is 12.1 Å². The first-order valence-corrected chi connectivity index (χ1v) is 6.57. The van der Waals surface area contributed by atoms with Gasteiger partial charge in [-0.2, -0.15) is 0 Å². The number of hydrogen-bond donors (Lipinski definition) is 2. The molecule has 0 spiro atoms. The molecule has 0 bridgehead atoms. The number of nitrogens with zero attached hydrogens (tertiary/aromatic N) is 3. The Morgan fingerprint density at radius 2 is 2.15 bits per heavy atom. The van der Waals surface area contributed by atoms with Crippen molar-refractivity contribution in [2.75, 3.05) is 12.4 Å². The van der Waals surface area contributed by atoms with Gasteiger partial charge in [0.15, 0.2) is 11.5 Å². The monoisotopic (exact) mass is 267 g/mol. The van der Waals surface area contributed by atoms with Crippen molar-refractivity contribution >= 4 is 17.2 Å². The predicted molar refractivity (Wildman–Crippen MR) is 80.2 cm³/mol. The van der Waals surface area contributed by atoms with Gasteiger partial charge in [0, 0.05) is 36.5 Å². The van der Waals surface area contributed by atoms with Gasteiger partial charge in [-0.25, -0.2) is 9.97 Å². The quantitative estimate of drug-likeness (QED) is 0.762. The molecule has 2 heterocycles. The van der Waals surface area contributed by atoms with Gasteiger partial charge in [-0.3, -0.25) is 4.40 Å². The number of rotatable bonds is 4. The van der Waals surface area contributed by atoms with E-state index in [1.54, 1.807) is 6.20 Å². The van der Waals surface area contributed by atoms with Crippen LogP contribution in [-0.4, -0.2) is 21.4 Å². The summed E-state index contributed by atoms with van der Waals surface area (Å²) in [5, 5.41) is 6.48. The van der Waals surface area contributed by atoms with E-state index in [1.165, 1.54) is 5.56 Å². The lowest BCUT2D eigenvalue weighted by atomic mass is 10.2. The molecule has 3 aromatic rings. The summed E-state index contributed by atoms with van der Waals surface area (Å²) < 4.78 is 2.02. The first-order chi connectivity index (χ1) is 9.78. The van der Waals surface area contributed by atoms with Crippen molar-refractivity contribution in [3.05, 3.63) is 54.1 Å². The molecule has 0 aliphatic heterocycles. The topological polar surface area (TPSA) is 54.2 Å². The van der Waals surface area contributed by atoms with E-state index in [0.29, 0.717) is 0 Å². The van der Waals surface area contributed by atoms with E-state index in [-0.39, 0.29) is 0 Å². The van der Waals surface area contributed by atoms with Crippen molar-refractivity contribution in [3.8, 4) is 0 Å². The van der Waals surface area contributed by atoms with Crippen molar-refractivity contribution in [1.29, 1.82) is 0 Å². The molecule has 0 radical (unpaired) electrons. The Morgan fingerprint density at radius 3 is 3.00 bits per heavy atom. The van der Waals surface area contributed by atoms with Gasteiger partial charge in [0.25, 0.3) is 0 Å². The molecule has 0 saturated carbocycles. The molecule has 3 rings (SSSR count). The van der Waals surface area contributed by atoms with Crippen LogP contribution in [0.1, 0.15) is 11.3 Å². The van der Waals surface area contributed by atoms with Crippen molar-refractivity contribution < 1.29 is 0 Å². The van der Waals surface area contributed by atoms with Crippen LogP contribution < -0.4 is 10.6 Å². The fourth-order valence-electron chi connectivity index (χ4n) is 2.23. The highest BCUT2D eigenvalue weighted by molar-refractivity contribution is 5.70. The summed E-state index contributed by atoms with van der Waals surface area (Å²) in [6, 6.07) is 8.26. The molecule has 0 fully saturated rings. The van der Waals surface area contributed by atoms with Crippen LogP contribution >= 0.6 is 0 Å². The third-order valence-corrected chi connectivity index (χ3v) is 3.18. The summed E-state index contributed by atoms with van der Waals surface area (Å²) in [5.41, 5.74) is 4.17. The van der Waals surface area contributed by atoms with Gasteiger partial charge in [-0.15, -0.1) is 0 Å². The van der Waals surface area contributed by atoms with Crippen molar-refractivity contribution in [2.24, 2.45) is 0 Å². The van der Waals surface area contributed by atoms with Gasteiger partial charge >= 0.3 is 0 Å². The zero-order chi connectivity index (χ0) is 13.9. The second-order valence-corrected chi connectivity index (χ2v) is 4.72. The molecule has 0 atom stereocenters. The molecule has 5 heteroatoms. The molecule has 0 aliphatic carbocycles. The highest BCUT2D eigenvalue weighted by Gasteiger charge is 2.06. The summed E-state index contributed by atoms with van der Waals surface area (Å²) in [6.07, 6.45) is 5.54. The second kappa shape index (κ2) is 5.30. The van der Waals surface area contributed by atoms with Crippen molar-refractivity contribution in [1.82, 2.24) is 19.7 Å². The molecule has 1 aromatic carbocycles. The number of aryl methyl sites for hydroxylation is 1. The van der Waals surface area contributed by atoms with Crippen LogP contribution in [0.2, 0.25) is 0 Å². The van der Waals surface area contributed by atoms with Crippen LogP contribution in [-0.2, 0) is 6.54 Å². The number of fused-ring (bicyclic) bond motifs is 1. The number of imidazole rings is 1. The molecular weight excluding hydrogens is 250 g/mol. The van der Waals surface area contributed by atoms with E-state index in [9.17, 15) is 0 Å². The smallest absolute Gasteiger partial charge is 0.180 e. The highest BCUT2D eigenvalue weighted by atomic mass is 15.1. The summed E-state index contributed by atoms with van der Waals surface area (Å²) in [7, 11) is 1.94. The van der Waals surface area contributed by atoms with E-state index >= 15 is 0 Å². The summed E-state index contributed by atoms with van der Waals surface area (Å²) in [4.78, 5) is 8.78. The lowest BCUT2D eigenvalue weighted by Crippen LogP contribution is -2.05. The molecule has 0 amide bonds. The van der Waals surface area contributed by atoms with Crippen LogP contribution in [0.4, 0.5) is 11.5 Å². The molecule has 20 heavy (non-hydrogen) atoms. The minimum absolute atomic E-state index is 0.766. The predicted octanol–water partition coefficient (Wildman–Crippen LogP) is 2.50. The van der Waals surface area contributed by atoms with E-state index < -0.39 is 0 Å². The summed E-state index contributed by atoms with van der Waals surface area (Å²) in [6.45, 7) is 2.87. The molecule has 0 saturated heterocycles. The SMILES string of the molecule is CNCc1cccc(Nc2nccn3c(C)cnc23)c1. The Morgan fingerprint density at radius 1 is 1.25 bits per heavy atom. The summed E-state index contributed by atoms with van der Waals surface area (Å²) >= 11 is 0. The van der Waals surface area contributed by atoms with Crippen LogP contribution in [0.3, 0.4) is 0 Å². The fourth-order valence-corrected chi connectivity index (χ4v) is 2.23. The van der Waals surface area contributed by atoms with Crippen LogP contribution in [0, 0.1) is 6.92 Å². The minimum Gasteiger partial charge on any atom is -0.337 e. The number of anilines is 2. The zero-order valence-corrected chi connectivity index (χ0v) is 11.6. The minimum atomic E-state index is 0.766. The maximum atomic E-state index is 4.40. The maximum Gasteiger partial charge on any atom is 0.180 e. The van der Waals surface area contributed by atoms with Crippen LogP contribution in [0.5, 0.6) is 0 Å².